The van der Waals surface area contributed by atoms with E-state index < -0.39 is 11.2 Å². The van der Waals surface area contributed by atoms with Crippen LogP contribution in [0.25, 0.3) is 22.2 Å². The monoisotopic (exact) mass is 509 g/mol. The van der Waals surface area contributed by atoms with Gasteiger partial charge in [-0.2, -0.15) is 5.10 Å². The zero-order valence-electron chi connectivity index (χ0n) is 22.3. The molecule has 1 amide bonds. The van der Waals surface area contributed by atoms with Crippen LogP contribution in [-0.2, 0) is 19.1 Å². The van der Waals surface area contributed by atoms with Gasteiger partial charge in [0.2, 0.25) is 5.88 Å². The number of carbonyl (C=O) groups is 2. The van der Waals surface area contributed by atoms with Crippen LogP contribution in [-0.4, -0.2) is 76.0 Å². The topological polar surface area (TPSA) is 119 Å². The molecular formula is C27H35N5O5. The third-order valence-corrected chi connectivity index (χ3v) is 6.08. The van der Waals surface area contributed by atoms with Gasteiger partial charge in [0.15, 0.2) is 5.60 Å². The highest BCUT2D eigenvalue weighted by Gasteiger charge is 2.45. The number of ether oxygens (including phenoxy) is 3. The summed E-state index contributed by atoms with van der Waals surface area (Å²) >= 11 is 0. The molecule has 2 aromatic heterocycles. The predicted octanol–water partition coefficient (Wildman–Crippen LogP) is 3.78. The normalized spacial score (nSPS) is 18.4. The number of benzene rings is 1. The van der Waals surface area contributed by atoms with E-state index in [1.165, 1.54) is 7.11 Å². The Morgan fingerprint density at radius 1 is 1.22 bits per heavy atom. The number of likely N-dealkylation sites (tertiary alicyclic amines) is 1. The van der Waals surface area contributed by atoms with Gasteiger partial charge >= 0.3 is 5.97 Å². The average molecular weight is 510 g/mol. The molecule has 10 nitrogen and oxygen atoms in total. The Hall–Kier alpha value is -3.50. The largest absolute Gasteiger partial charge is 0.475 e. The Morgan fingerprint density at radius 3 is 2.65 bits per heavy atom. The van der Waals surface area contributed by atoms with Gasteiger partial charge in [-0.25, -0.2) is 4.98 Å². The fraction of sp³-hybridized carbons (Fsp3) is 0.481. The van der Waals surface area contributed by atoms with E-state index in [9.17, 15) is 9.59 Å². The van der Waals surface area contributed by atoms with Gasteiger partial charge in [-0.3, -0.25) is 19.6 Å². The molecule has 2 N–H and O–H groups in total. The molecule has 1 aliphatic heterocycles. The number of nitrogens with one attached hydrogen (secondary N) is 2. The van der Waals surface area contributed by atoms with E-state index >= 15 is 0 Å². The number of methoxy groups -OCH3 is 1. The first-order chi connectivity index (χ1) is 17.5. The van der Waals surface area contributed by atoms with E-state index in [4.69, 9.17) is 14.2 Å². The standard InChI is InChI=1S/C27H35N5O5/c1-17(2)36-22-10-7-18(14-28-22)24-20-13-19(8-9-21(20)30-31-24)29-25(34)27(35-6)11-12-32(16-27)15-23(33)37-26(3,4)5/h7-10,13-14,17H,11-12,15-16H2,1-6H3,(H,29,34)(H,30,31). The minimum atomic E-state index is -1.06. The van der Waals surface area contributed by atoms with Gasteiger partial charge in [-0.1, -0.05) is 0 Å². The Kier molecular flexibility index (Phi) is 7.52. The number of nitrogens with zero attached hydrogens (tertiary/aromatic N) is 3. The molecule has 1 aromatic carbocycles. The summed E-state index contributed by atoms with van der Waals surface area (Å²) in [5, 5.41) is 11.3. The van der Waals surface area contributed by atoms with Crippen LogP contribution in [0, 0.1) is 0 Å². The molecule has 1 fully saturated rings. The van der Waals surface area contributed by atoms with E-state index in [1.807, 2.05) is 69.9 Å². The van der Waals surface area contributed by atoms with Crippen molar-refractivity contribution < 1.29 is 23.8 Å². The van der Waals surface area contributed by atoms with Crippen LogP contribution in [0.5, 0.6) is 5.88 Å². The fourth-order valence-corrected chi connectivity index (χ4v) is 4.38. The van der Waals surface area contributed by atoms with E-state index in [1.54, 1.807) is 6.20 Å². The van der Waals surface area contributed by atoms with Crippen LogP contribution in [0.15, 0.2) is 36.5 Å². The molecule has 1 unspecified atom stereocenters. The number of aromatic nitrogens is 3. The maximum Gasteiger partial charge on any atom is 0.320 e. The summed E-state index contributed by atoms with van der Waals surface area (Å²) in [5.41, 5.74) is 1.38. The number of carbonyl (C=O) groups excluding carboxylic acids is 2. The summed E-state index contributed by atoms with van der Waals surface area (Å²) in [5.74, 6) is -0.0346. The molecule has 1 atom stereocenters. The van der Waals surface area contributed by atoms with Crippen LogP contribution in [0.3, 0.4) is 0 Å². The molecule has 37 heavy (non-hydrogen) atoms. The summed E-state index contributed by atoms with van der Waals surface area (Å²) in [6.07, 6.45) is 2.22. The number of fused-ring (bicyclic) bond motifs is 1. The van der Waals surface area contributed by atoms with Crippen molar-refractivity contribution in [1.29, 1.82) is 0 Å². The van der Waals surface area contributed by atoms with E-state index in [-0.39, 0.29) is 24.5 Å². The van der Waals surface area contributed by atoms with Crippen LogP contribution < -0.4 is 10.1 Å². The summed E-state index contributed by atoms with van der Waals surface area (Å²) < 4.78 is 16.8. The number of anilines is 1. The number of hydrogen-bond acceptors (Lipinski definition) is 8. The molecule has 0 saturated carbocycles. The number of aromatic amines is 1. The Labute approximate surface area is 216 Å². The Balaban J connectivity index is 1.48. The lowest BCUT2D eigenvalue weighted by Crippen LogP contribution is -2.47. The molecule has 198 valence electrons. The molecular weight excluding hydrogens is 474 g/mol. The third kappa shape index (κ3) is 6.26. The van der Waals surface area contributed by atoms with Crippen molar-refractivity contribution in [2.75, 3.05) is 32.1 Å². The van der Waals surface area contributed by atoms with Gasteiger partial charge in [0.05, 0.1) is 18.2 Å². The molecule has 0 bridgehead atoms. The van der Waals surface area contributed by atoms with Crippen molar-refractivity contribution in [2.45, 2.75) is 58.3 Å². The number of hydrogen-bond donors (Lipinski definition) is 2. The second kappa shape index (κ2) is 10.5. The lowest BCUT2D eigenvalue weighted by atomic mass is 10.0. The number of amides is 1. The molecule has 10 heteroatoms. The van der Waals surface area contributed by atoms with Crippen molar-refractivity contribution >= 4 is 28.5 Å². The highest BCUT2D eigenvalue weighted by Crippen LogP contribution is 2.31. The first-order valence-corrected chi connectivity index (χ1v) is 12.4. The van der Waals surface area contributed by atoms with Crippen LogP contribution in [0.2, 0.25) is 0 Å². The maximum atomic E-state index is 13.4. The summed E-state index contributed by atoms with van der Waals surface area (Å²) in [7, 11) is 1.52. The van der Waals surface area contributed by atoms with Crippen molar-refractivity contribution in [3.05, 3.63) is 36.5 Å². The van der Waals surface area contributed by atoms with E-state index in [0.29, 0.717) is 31.1 Å². The summed E-state index contributed by atoms with van der Waals surface area (Å²) in [4.78, 5) is 31.9. The van der Waals surface area contributed by atoms with Crippen molar-refractivity contribution in [3.63, 3.8) is 0 Å². The van der Waals surface area contributed by atoms with Crippen LogP contribution in [0.1, 0.15) is 41.0 Å². The van der Waals surface area contributed by atoms with Gasteiger partial charge in [-0.05, 0) is 65.3 Å². The molecule has 4 rings (SSSR count). The predicted molar refractivity (Wildman–Crippen MR) is 140 cm³/mol. The van der Waals surface area contributed by atoms with Crippen LogP contribution in [0.4, 0.5) is 5.69 Å². The molecule has 1 aliphatic rings. The Morgan fingerprint density at radius 2 is 2.00 bits per heavy atom. The van der Waals surface area contributed by atoms with Gasteiger partial charge in [0.1, 0.15) is 11.3 Å². The van der Waals surface area contributed by atoms with Gasteiger partial charge in [0.25, 0.3) is 5.91 Å². The first-order valence-electron chi connectivity index (χ1n) is 12.4. The maximum absolute atomic E-state index is 13.4. The number of rotatable bonds is 8. The lowest BCUT2D eigenvalue weighted by Gasteiger charge is -2.27. The lowest BCUT2D eigenvalue weighted by molar-refractivity contribution is -0.156. The quantitative estimate of drug-likeness (QED) is 0.441. The number of pyridine rings is 1. The molecule has 0 spiro atoms. The van der Waals surface area contributed by atoms with Gasteiger partial charge in [-0.15, -0.1) is 0 Å². The molecule has 3 heterocycles. The minimum Gasteiger partial charge on any atom is -0.475 e. The van der Waals surface area contributed by atoms with E-state index in [0.717, 1.165) is 22.2 Å². The highest BCUT2D eigenvalue weighted by atomic mass is 16.6. The molecule has 3 aromatic rings. The van der Waals surface area contributed by atoms with Crippen LogP contribution >= 0.6 is 0 Å². The molecule has 1 saturated heterocycles. The SMILES string of the molecule is COC1(C(=O)Nc2ccc3[nH]nc(-c4ccc(OC(C)C)nc4)c3c2)CCN(CC(=O)OC(C)(C)C)C1. The molecule has 0 radical (unpaired) electrons. The average Bonchev–Trinajstić information content (AvgIpc) is 3.42. The second-order valence-electron chi connectivity index (χ2n) is 10.6. The first kappa shape index (κ1) is 26.6. The number of H-pyrrole nitrogens is 1. The molecule has 0 aliphatic carbocycles. The zero-order valence-corrected chi connectivity index (χ0v) is 22.3. The highest BCUT2D eigenvalue weighted by molar-refractivity contribution is 6.01. The van der Waals surface area contributed by atoms with Gasteiger partial charge < -0.3 is 19.5 Å². The summed E-state index contributed by atoms with van der Waals surface area (Å²) in [6.45, 7) is 10.3. The smallest absolute Gasteiger partial charge is 0.320 e. The van der Waals surface area contributed by atoms with Crippen molar-refractivity contribution in [2.24, 2.45) is 0 Å². The fourth-order valence-electron chi connectivity index (χ4n) is 4.38. The van der Waals surface area contributed by atoms with Crippen molar-refractivity contribution in [3.8, 4) is 17.1 Å². The minimum absolute atomic E-state index is 0.0374. The number of esters is 1. The van der Waals surface area contributed by atoms with Crippen molar-refractivity contribution in [1.82, 2.24) is 20.1 Å². The third-order valence-electron chi connectivity index (χ3n) is 6.08. The summed E-state index contributed by atoms with van der Waals surface area (Å²) in [6, 6.07) is 9.28. The second-order valence-corrected chi connectivity index (χ2v) is 10.6. The van der Waals surface area contributed by atoms with E-state index in [2.05, 4.69) is 20.5 Å². The zero-order chi connectivity index (χ0) is 26.8. The Bertz CT molecular complexity index is 1260. The van der Waals surface area contributed by atoms with Gasteiger partial charge in [0, 0.05) is 49.1 Å².